The smallest absolute Gasteiger partial charge is 0.271 e. The third-order valence-electron chi connectivity index (χ3n) is 2.60. The van der Waals surface area contributed by atoms with Crippen LogP contribution in [0.2, 0.25) is 0 Å². The van der Waals surface area contributed by atoms with Crippen LogP contribution in [0.1, 0.15) is 4.88 Å². The molecule has 0 spiro atoms. The summed E-state index contributed by atoms with van der Waals surface area (Å²) in [5.41, 5.74) is 0.542. The zero-order valence-electron chi connectivity index (χ0n) is 10.9. The molecule has 1 aromatic carbocycles. The lowest BCUT2D eigenvalue weighted by atomic mass is 10.3. The molecule has 2 N–H and O–H groups in total. The lowest BCUT2D eigenvalue weighted by Gasteiger charge is -2.06. The van der Waals surface area contributed by atoms with Crippen molar-refractivity contribution in [1.29, 1.82) is 0 Å². The third kappa shape index (κ3) is 3.76. The van der Waals surface area contributed by atoms with E-state index in [4.69, 9.17) is 5.11 Å². The van der Waals surface area contributed by atoms with E-state index >= 15 is 0 Å². The SMILES string of the molecule is CSc1ccc(NS(=O)(=O)c2ccc(CCO)s2)cc1. The molecule has 0 unspecified atom stereocenters. The van der Waals surface area contributed by atoms with Gasteiger partial charge in [-0.15, -0.1) is 23.1 Å². The number of aliphatic hydroxyl groups is 1. The van der Waals surface area contributed by atoms with Crippen LogP contribution in [0.5, 0.6) is 0 Å². The summed E-state index contributed by atoms with van der Waals surface area (Å²) in [4.78, 5) is 1.93. The van der Waals surface area contributed by atoms with Crippen molar-refractivity contribution in [3.8, 4) is 0 Å². The Balaban J connectivity index is 2.16. The summed E-state index contributed by atoms with van der Waals surface area (Å²) in [6, 6.07) is 10.5. The van der Waals surface area contributed by atoms with Crippen molar-refractivity contribution in [3.63, 3.8) is 0 Å². The van der Waals surface area contributed by atoms with E-state index in [-0.39, 0.29) is 10.8 Å². The molecule has 0 bridgehead atoms. The van der Waals surface area contributed by atoms with Crippen LogP contribution in [0.3, 0.4) is 0 Å². The minimum Gasteiger partial charge on any atom is -0.396 e. The predicted molar refractivity (Wildman–Crippen MR) is 84.1 cm³/mol. The normalized spacial score (nSPS) is 11.5. The molecule has 7 heteroatoms. The van der Waals surface area contributed by atoms with Crippen LogP contribution in [0.4, 0.5) is 5.69 Å². The topological polar surface area (TPSA) is 66.4 Å². The number of thioether (sulfide) groups is 1. The molecule has 2 aromatic rings. The average molecular weight is 329 g/mol. The van der Waals surface area contributed by atoms with Gasteiger partial charge in [-0.25, -0.2) is 8.42 Å². The van der Waals surface area contributed by atoms with Crippen LogP contribution >= 0.6 is 23.1 Å². The first-order chi connectivity index (χ1) is 9.55. The van der Waals surface area contributed by atoms with E-state index in [0.717, 1.165) is 9.77 Å². The van der Waals surface area contributed by atoms with Crippen molar-refractivity contribution in [1.82, 2.24) is 0 Å². The zero-order chi connectivity index (χ0) is 14.6. The Labute approximate surface area is 126 Å². The standard InChI is InChI=1S/C13H15NO3S3/c1-18-11-4-2-10(3-5-11)14-20(16,17)13-7-6-12(19-13)8-9-15/h2-7,14-15H,8-9H2,1H3. The van der Waals surface area contributed by atoms with E-state index in [1.54, 1.807) is 36.0 Å². The molecule has 0 aliphatic carbocycles. The molecule has 0 saturated carbocycles. The minimum atomic E-state index is -3.55. The minimum absolute atomic E-state index is 0.0174. The fourth-order valence-electron chi connectivity index (χ4n) is 1.61. The van der Waals surface area contributed by atoms with Gasteiger partial charge in [0.2, 0.25) is 0 Å². The maximum absolute atomic E-state index is 12.2. The molecule has 20 heavy (non-hydrogen) atoms. The number of thiophene rings is 1. The van der Waals surface area contributed by atoms with Gasteiger partial charge in [-0.1, -0.05) is 0 Å². The molecular weight excluding hydrogens is 314 g/mol. The molecule has 0 radical (unpaired) electrons. The van der Waals surface area contributed by atoms with Crippen molar-refractivity contribution < 1.29 is 13.5 Å². The molecule has 0 aliphatic heterocycles. The van der Waals surface area contributed by atoms with E-state index in [1.165, 1.54) is 11.3 Å². The van der Waals surface area contributed by atoms with E-state index in [2.05, 4.69) is 4.72 Å². The fraction of sp³-hybridized carbons (Fsp3) is 0.231. The van der Waals surface area contributed by atoms with Crippen LogP contribution in [0, 0.1) is 0 Å². The molecule has 1 aromatic heterocycles. The maximum Gasteiger partial charge on any atom is 0.271 e. The highest BCUT2D eigenvalue weighted by atomic mass is 32.2. The van der Waals surface area contributed by atoms with Gasteiger partial charge in [-0.3, -0.25) is 4.72 Å². The predicted octanol–water partition coefficient (Wildman–Crippen LogP) is 2.81. The van der Waals surface area contributed by atoms with Crippen LogP contribution in [0.15, 0.2) is 45.5 Å². The Kier molecular flexibility index (Phi) is 5.09. The summed E-state index contributed by atoms with van der Waals surface area (Å²) in [5, 5.41) is 8.86. The number of sulfonamides is 1. The van der Waals surface area contributed by atoms with Crippen molar-refractivity contribution in [2.24, 2.45) is 0 Å². The van der Waals surface area contributed by atoms with Crippen LogP contribution < -0.4 is 4.72 Å². The van der Waals surface area contributed by atoms with Gasteiger partial charge in [0.1, 0.15) is 4.21 Å². The number of anilines is 1. The fourth-order valence-corrected chi connectivity index (χ4v) is 4.42. The monoisotopic (exact) mass is 329 g/mol. The zero-order valence-corrected chi connectivity index (χ0v) is 13.3. The van der Waals surface area contributed by atoms with Crippen molar-refractivity contribution in [3.05, 3.63) is 41.3 Å². The largest absolute Gasteiger partial charge is 0.396 e. The van der Waals surface area contributed by atoms with E-state index in [0.29, 0.717) is 12.1 Å². The Morgan fingerprint density at radius 3 is 2.50 bits per heavy atom. The Morgan fingerprint density at radius 2 is 1.90 bits per heavy atom. The Morgan fingerprint density at radius 1 is 1.20 bits per heavy atom. The molecular formula is C13H15NO3S3. The molecule has 108 valence electrons. The van der Waals surface area contributed by atoms with E-state index < -0.39 is 10.0 Å². The molecule has 1 heterocycles. The summed E-state index contributed by atoms with van der Waals surface area (Å²) in [7, 11) is -3.55. The van der Waals surface area contributed by atoms with E-state index in [1.807, 2.05) is 18.4 Å². The van der Waals surface area contributed by atoms with Crippen molar-refractivity contribution >= 4 is 38.8 Å². The number of hydrogen-bond donors (Lipinski definition) is 2. The van der Waals surface area contributed by atoms with E-state index in [9.17, 15) is 8.42 Å². The van der Waals surface area contributed by atoms with Gasteiger partial charge in [0, 0.05) is 28.5 Å². The third-order valence-corrected chi connectivity index (χ3v) is 6.36. The highest BCUT2D eigenvalue weighted by molar-refractivity contribution is 7.98. The van der Waals surface area contributed by atoms with Gasteiger partial charge in [0.15, 0.2) is 0 Å². The molecule has 0 aliphatic rings. The van der Waals surface area contributed by atoms with Crippen LogP contribution in [-0.4, -0.2) is 26.4 Å². The number of benzene rings is 1. The van der Waals surface area contributed by atoms with Gasteiger partial charge < -0.3 is 5.11 Å². The lowest BCUT2D eigenvalue weighted by Crippen LogP contribution is -2.11. The van der Waals surface area contributed by atoms with Gasteiger partial charge in [-0.2, -0.15) is 0 Å². The highest BCUT2D eigenvalue weighted by Gasteiger charge is 2.16. The maximum atomic E-state index is 12.2. The quantitative estimate of drug-likeness (QED) is 0.800. The number of rotatable bonds is 6. The number of aliphatic hydroxyl groups excluding tert-OH is 1. The molecule has 0 saturated heterocycles. The van der Waals surface area contributed by atoms with Crippen molar-refractivity contribution in [2.45, 2.75) is 15.5 Å². The first kappa shape index (κ1) is 15.4. The summed E-state index contributed by atoms with van der Waals surface area (Å²) >= 11 is 2.78. The van der Waals surface area contributed by atoms with Crippen LogP contribution in [-0.2, 0) is 16.4 Å². The molecule has 0 amide bonds. The summed E-state index contributed by atoms with van der Waals surface area (Å²) in [6.07, 6.45) is 2.44. The lowest BCUT2D eigenvalue weighted by molar-refractivity contribution is 0.300. The van der Waals surface area contributed by atoms with Crippen LogP contribution in [0.25, 0.3) is 0 Å². The molecule has 4 nitrogen and oxygen atoms in total. The number of nitrogens with one attached hydrogen (secondary N) is 1. The summed E-state index contributed by atoms with van der Waals surface area (Å²) in [6.45, 7) is 0.0174. The Hall–Kier alpha value is -1.02. The highest BCUT2D eigenvalue weighted by Crippen LogP contribution is 2.25. The first-order valence-corrected chi connectivity index (χ1v) is 9.44. The van der Waals surface area contributed by atoms with Gasteiger partial charge >= 0.3 is 0 Å². The second kappa shape index (κ2) is 6.62. The second-order valence-corrected chi connectivity index (χ2v) is 7.99. The second-order valence-electron chi connectivity index (χ2n) is 4.03. The Bertz CT molecular complexity index is 662. The molecule has 0 fully saturated rings. The molecule has 0 atom stereocenters. The van der Waals surface area contributed by atoms with Gasteiger partial charge in [0.05, 0.1) is 0 Å². The number of hydrogen-bond acceptors (Lipinski definition) is 5. The van der Waals surface area contributed by atoms with Crippen molar-refractivity contribution in [2.75, 3.05) is 17.6 Å². The summed E-state index contributed by atoms with van der Waals surface area (Å²) in [5.74, 6) is 0. The molecule has 2 rings (SSSR count). The first-order valence-electron chi connectivity index (χ1n) is 5.91. The average Bonchev–Trinajstić information content (AvgIpc) is 2.89. The van der Waals surface area contributed by atoms with Gasteiger partial charge in [0.25, 0.3) is 10.0 Å². The summed E-state index contributed by atoms with van der Waals surface area (Å²) < 4.78 is 27.2. The van der Waals surface area contributed by atoms with Gasteiger partial charge in [-0.05, 0) is 42.7 Å².